The van der Waals surface area contributed by atoms with Crippen LogP contribution in [0.5, 0.6) is 0 Å². The third-order valence-corrected chi connectivity index (χ3v) is 3.29. The van der Waals surface area contributed by atoms with Crippen molar-refractivity contribution in [3.8, 4) is 0 Å². The third kappa shape index (κ3) is 2.66. The number of carbonyl (C=O) groups excluding carboxylic acids is 1. The number of hydrogen-bond acceptors (Lipinski definition) is 1. The monoisotopic (exact) mass is 360 g/mol. The summed E-state index contributed by atoms with van der Waals surface area (Å²) in [4.78, 5) is 12.1. The van der Waals surface area contributed by atoms with Gasteiger partial charge in [-0.15, -0.1) is 0 Å². The molecule has 0 spiro atoms. The van der Waals surface area contributed by atoms with Gasteiger partial charge in [-0.3, -0.25) is 4.79 Å². The van der Waals surface area contributed by atoms with E-state index >= 15 is 0 Å². The Balaban J connectivity index is 2.51. The Morgan fingerprint density at radius 1 is 1.12 bits per heavy atom. The molecule has 2 aromatic carbocycles. The first-order chi connectivity index (χ1) is 8.09. The maximum Gasteiger partial charge on any atom is 0.197 e. The molecule has 0 heterocycles. The van der Waals surface area contributed by atoms with Crippen molar-refractivity contribution in [3.63, 3.8) is 0 Å². The molecular weight excluding hydrogens is 353 g/mol. The second kappa shape index (κ2) is 5.14. The van der Waals surface area contributed by atoms with E-state index in [4.69, 9.17) is 11.6 Å². The van der Waals surface area contributed by atoms with Gasteiger partial charge in [-0.25, -0.2) is 4.39 Å². The standard InChI is InChI=1S/C13H7ClFIO/c14-11-6-5-8(16)7-10(11)13(17)9-3-1-2-4-12(9)15/h1-7H. The van der Waals surface area contributed by atoms with Crippen molar-refractivity contribution >= 4 is 40.0 Å². The fourth-order valence-corrected chi connectivity index (χ4v) is 2.16. The maximum atomic E-state index is 13.5. The number of ketones is 1. The van der Waals surface area contributed by atoms with Crippen molar-refractivity contribution in [1.29, 1.82) is 0 Å². The Hall–Kier alpha value is -0.940. The van der Waals surface area contributed by atoms with Crippen LogP contribution in [0.4, 0.5) is 4.39 Å². The zero-order chi connectivity index (χ0) is 12.4. The predicted octanol–water partition coefficient (Wildman–Crippen LogP) is 4.31. The van der Waals surface area contributed by atoms with Crippen LogP contribution in [0.2, 0.25) is 5.02 Å². The molecule has 86 valence electrons. The van der Waals surface area contributed by atoms with Crippen LogP contribution in [-0.2, 0) is 0 Å². The number of rotatable bonds is 2. The second-order valence-corrected chi connectivity index (χ2v) is 5.09. The van der Waals surface area contributed by atoms with Crippen LogP contribution >= 0.6 is 34.2 Å². The molecule has 0 fully saturated rings. The van der Waals surface area contributed by atoms with Gasteiger partial charge in [0.1, 0.15) is 5.82 Å². The lowest BCUT2D eigenvalue weighted by atomic mass is 10.0. The van der Waals surface area contributed by atoms with E-state index in [-0.39, 0.29) is 5.56 Å². The summed E-state index contributed by atoms with van der Waals surface area (Å²) >= 11 is 8.03. The Kier molecular flexibility index (Phi) is 3.79. The summed E-state index contributed by atoms with van der Waals surface area (Å²) in [5.74, 6) is -0.931. The Labute approximate surface area is 117 Å². The van der Waals surface area contributed by atoms with Gasteiger partial charge >= 0.3 is 0 Å². The molecular formula is C13H7ClFIO. The number of hydrogen-bond donors (Lipinski definition) is 0. The minimum Gasteiger partial charge on any atom is -0.288 e. The van der Waals surface area contributed by atoms with E-state index in [2.05, 4.69) is 22.6 Å². The maximum absolute atomic E-state index is 13.5. The van der Waals surface area contributed by atoms with Crippen LogP contribution in [-0.4, -0.2) is 5.78 Å². The van der Waals surface area contributed by atoms with Crippen molar-refractivity contribution in [2.75, 3.05) is 0 Å². The molecule has 0 radical (unpaired) electrons. The molecule has 0 bridgehead atoms. The van der Waals surface area contributed by atoms with Gasteiger partial charge in [0.15, 0.2) is 5.78 Å². The molecule has 2 rings (SSSR count). The number of benzene rings is 2. The van der Waals surface area contributed by atoms with E-state index in [1.54, 1.807) is 30.3 Å². The molecule has 0 amide bonds. The van der Waals surface area contributed by atoms with Crippen molar-refractivity contribution in [3.05, 3.63) is 68.0 Å². The van der Waals surface area contributed by atoms with Gasteiger partial charge in [0.05, 0.1) is 10.6 Å². The van der Waals surface area contributed by atoms with E-state index in [1.807, 2.05) is 0 Å². The lowest BCUT2D eigenvalue weighted by molar-refractivity contribution is 0.103. The smallest absolute Gasteiger partial charge is 0.197 e. The van der Waals surface area contributed by atoms with Gasteiger partial charge in [0.25, 0.3) is 0 Å². The van der Waals surface area contributed by atoms with Crippen LogP contribution in [0.15, 0.2) is 42.5 Å². The summed E-state index contributed by atoms with van der Waals surface area (Å²) in [5.41, 5.74) is 0.361. The molecule has 0 aromatic heterocycles. The van der Waals surface area contributed by atoms with Gasteiger partial charge in [-0.05, 0) is 52.9 Å². The minimum atomic E-state index is -0.535. The Bertz CT molecular complexity index is 583. The topological polar surface area (TPSA) is 17.1 Å². The molecule has 0 aliphatic carbocycles. The molecule has 0 saturated heterocycles. The fraction of sp³-hybridized carbons (Fsp3) is 0. The largest absolute Gasteiger partial charge is 0.288 e. The Morgan fingerprint density at radius 3 is 2.53 bits per heavy atom. The van der Waals surface area contributed by atoms with E-state index in [0.29, 0.717) is 10.6 Å². The molecule has 0 N–H and O–H groups in total. The summed E-state index contributed by atoms with van der Waals surface area (Å²) in [6, 6.07) is 11.0. The third-order valence-electron chi connectivity index (χ3n) is 2.29. The van der Waals surface area contributed by atoms with E-state index in [1.165, 1.54) is 12.1 Å². The van der Waals surface area contributed by atoms with Gasteiger partial charge in [0.2, 0.25) is 0 Å². The highest BCUT2D eigenvalue weighted by molar-refractivity contribution is 14.1. The lowest BCUT2D eigenvalue weighted by Gasteiger charge is -2.05. The summed E-state index contributed by atoms with van der Waals surface area (Å²) in [6.07, 6.45) is 0. The zero-order valence-corrected chi connectivity index (χ0v) is 11.5. The molecule has 0 atom stereocenters. The van der Waals surface area contributed by atoms with Crippen LogP contribution < -0.4 is 0 Å². The first kappa shape index (κ1) is 12.5. The Morgan fingerprint density at radius 2 is 1.82 bits per heavy atom. The summed E-state index contributed by atoms with van der Waals surface area (Å²) in [6.45, 7) is 0. The normalized spacial score (nSPS) is 10.3. The van der Waals surface area contributed by atoms with Crippen LogP contribution in [0, 0.1) is 9.39 Å². The molecule has 17 heavy (non-hydrogen) atoms. The number of halogens is 3. The average molecular weight is 361 g/mol. The highest BCUT2D eigenvalue weighted by Gasteiger charge is 2.16. The molecule has 4 heteroatoms. The molecule has 0 aliphatic heterocycles. The first-order valence-corrected chi connectivity index (χ1v) is 6.29. The SMILES string of the molecule is O=C(c1ccccc1F)c1cc(I)ccc1Cl. The van der Waals surface area contributed by atoms with Gasteiger partial charge in [0, 0.05) is 9.13 Å². The van der Waals surface area contributed by atoms with Crippen molar-refractivity contribution in [2.24, 2.45) is 0 Å². The molecule has 0 unspecified atom stereocenters. The van der Waals surface area contributed by atoms with Crippen molar-refractivity contribution in [1.82, 2.24) is 0 Å². The molecule has 2 aromatic rings. The van der Waals surface area contributed by atoms with E-state index in [9.17, 15) is 9.18 Å². The van der Waals surface area contributed by atoms with E-state index in [0.717, 1.165) is 3.57 Å². The van der Waals surface area contributed by atoms with Gasteiger partial charge in [-0.1, -0.05) is 23.7 Å². The van der Waals surface area contributed by atoms with Crippen LogP contribution in [0.25, 0.3) is 0 Å². The second-order valence-electron chi connectivity index (χ2n) is 3.43. The fourth-order valence-electron chi connectivity index (χ4n) is 1.46. The quantitative estimate of drug-likeness (QED) is 0.576. The first-order valence-electron chi connectivity index (χ1n) is 4.84. The predicted molar refractivity (Wildman–Crippen MR) is 74.0 cm³/mol. The zero-order valence-electron chi connectivity index (χ0n) is 8.58. The molecule has 0 saturated carbocycles. The molecule has 1 nitrogen and oxygen atoms in total. The highest BCUT2D eigenvalue weighted by atomic mass is 127. The van der Waals surface area contributed by atoms with Crippen molar-refractivity contribution < 1.29 is 9.18 Å². The lowest BCUT2D eigenvalue weighted by Crippen LogP contribution is -2.05. The highest BCUT2D eigenvalue weighted by Crippen LogP contribution is 2.22. The average Bonchev–Trinajstić information content (AvgIpc) is 2.32. The van der Waals surface area contributed by atoms with E-state index < -0.39 is 11.6 Å². The van der Waals surface area contributed by atoms with Crippen LogP contribution in [0.1, 0.15) is 15.9 Å². The molecule has 0 aliphatic rings. The van der Waals surface area contributed by atoms with Crippen molar-refractivity contribution in [2.45, 2.75) is 0 Å². The van der Waals surface area contributed by atoms with Gasteiger partial charge in [-0.2, -0.15) is 0 Å². The summed E-state index contributed by atoms with van der Waals surface area (Å²) in [7, 11) is 0. The number of carbonyl (C=O) groups is 1. The summed E-state index contributed by atoms with van der Waals surface area (Å²) in [5, 5.41) is 0.332. The van der Waals surface area contributed by atoms with Gasteiger partial charge < -0.3 is 0 Å². The minimum absolute atomic E-state index is 0.0383. The van der Waals surface area contributed by atoms with Crippen LogP contribution in [0.3, 0.4) is 0 Å². The summed E-state index contributed by atoms with van der Waals surface area (Å²) < 4.78 is 14.4.